The molecule has 3 amide bonds. The third-order valence-electron chi connectivity index (χ3n) is 7.64. The summed E-state index contributed by atoms with van der Waals surface area (Å²) in [5, 5.41) is 11.9. The molecule has 222 valence electrons. The molecular weight excluding hydrogens is 566 g/mol. The molecule has 1 saturated heterocycles. The Labute approximate surface area is 244 Å². The van der Waals surface area contributed by atoms with Gasteiger partial charge in [0.2, 0.25) is 11.8 Å². The standard InChI is InChI=1S/C31H27F4N5O3/c1-17-3-4-24(18(2)9-17)28(29(42)38-22-14-31(34,35)15-22)39(23-12-20(32)11-21(33)13-23)30(43)25-5-6-27(41)40(25)26-10-19(16-36)7-8-37-26/h3-4,7-13,22,25,28H,5-6,14-15H2,1-2H3,(H,38,42)/t25-,28-/m0/s1. The van der Waals surface area contributed by atoms with E-state index in [-0.39, 0.29) is 29.9 Å². The first-order valence-electron chi connectivity index (χ1n) is 13.6. The van der Waals surface area contributed by atoms with Crippen molar-refractivity contribution in [1.82, 2.24) is 10.3 Å². The number of pyridine rings is 1. The van der Waals surface area contributed by atoms with Crippen LogP contribution in [0.2, 0.25) is 0 Å². The van der Waals surface area contributed by atoms with E-state index >= 15 is 0 Å². The summed E-state index contributed by atoms with van der Waals surface area (Å²) >= 11 is 0. The van der Waals surface area contributed by atoms with Crippen LogP contribution in [0.5, 0.6) is 0 Å². The van der Waals surface area contributed by atoms with E-state index in [2.05, 4.69) is 10.3 Å². The van der Waals surface area contributed by atoms with Crippen LogP contribution < -0.4 is 15.1 Å². The van der Waals surface area contributed by atoms with Gasteiger partial charge in [0.15, 0.2) is 0 Å². The summed E-state index contributed by atoms with van der Waals surface area (Å²) in [6.45, 7) is 3.51. The van der Waals surface area contributed by atoms with E-state index in [4.69, 9.17) is 0 Å². The van der Waals surface area contributed by atoms with Gasteiger partial charge in [0.05, 0.1) is 17.3 Å². The predicted molar refractivity (Wildman–Crippen MR) is 148 cm³/mol. The highest BCUT2D eigenvalue weighted by atomic mass is 19.3. The van der Waals surface area contributed by atoms with Crippen molar-refractivity contribution < 1.29 is 31.9 Å². The lowest BCUT2D eigenvalue weighted by atomic mass is 9.87. The first kappa shape index (κ1) is 29.7. The van der Waals surface area contributed by atoms with Crippen molar-refractivity contribution in [2.75, 3.05) is 9.80 Å². The van der Waals surface area contributed by atoms with Crippen molar-refractivity contribution in [2.45, 2.75) is 63.6 Å². The molecule has 12 heteroatoms. The van der Waals surface area contributed by atoms with E-state index in [1.807, 2.05) is 13.0 Å². The Morgan fingerprint density at radius 2 is 1.79 bits per heavy atom. The number of carbonyl (C=O) groups excluding carboxylic acids is 3. The third kappa shape index (κ3) is 6.07. The summed E-state index contributed by atoms with van der Waals surface area (Å²) in [7, 11) is 0. The smallest absolute Gasteiger partial charge is 0.252 e. The van der Waals surface area contributed by atoms with E-state index in [9.17, 15) is 37.2 Å². The molecule has 2 atom stereocenters. The molecule has 2 heterocycles. The first-order valence-corrected chi connectivity index (χ1v) is 13.6. The number of halogens is 4. The molecule has 5 rings (SSSR count). The summed E-state index contributed by atoms with van der Waals surface area (Å²) in [6, 6.07) is 8.46. The van der Waals surface area contributed by atoms with E-state index < -0.39 is 66.2 Å². The van der Waals surface area contributed by atoms with Crippen LogP contribution in [0.4, 0.5) is 29.1 Å². The van der Waals surface area contributed by atoms with Crippen molar-refractivity contribution in [3.8, 4) is 6.07 Å². The van der Waals surface area contributed by atoms with Gasteiger partial charge in [-0.3, -0.25) is 24.2 Å². The van der Waals surface area contributed by atoms with Gasteiger partial charge < -0.3 is 5.32 Å². The monoisotopic (exact) mass is 593 g/mol. The molecular formula is C31H27F4N5O3. The Bertz CT molecular complexity index is 1630. The number of nitrogens with zero attached hydrogens (tertiary/aromatic N) is 4. The molecule has 43 heavy (non-hydrogen) atoms. The average molecular weight is 594 g/mol. The zero-order valence-electron chi connectivity index (χ0n) is 23.3. The molecule has 1 saturated carbocycles. The number of carbonyl (C=O) groups is 3. The molecule has 1 N–H and O–H groups in total. The van der Waals surface area contributed by atoms with Crippen LogP contribution in [0.3, 0.4) is 0 Å². The maximum absolute atomic E-state index is 14.6. The van der Waals surface area contributed by atoms with Crippen LogP contribution in [-0.4, -0.2) is 40.7 Å². The summed E-state index contributed by atoms with van der Waals surface area (Å²) in [5.41, 5.74) is 1.58. The Kier molecular flexibility index (Phi) is 7.92. The number of alkyl halides is 2. The summed E-state index contributed by atoms with van der Waals surface area (Å²) in [4.78, 5) is 47.7. The molecule has 2 aromatic carbocycles. The Morgan fingerprint density at radius 3 is 2.42 bits per heavy atom. The number of benzene rings is 2. The van der Waals surface area contributed by atoms with Gasteiger partial charge in [-0.25, -0.2) is 22.5 Å². The normalized spacial score (nSPS) is 18.5. The lowest BCUT2D eigenvalue weighted by Gasteiger charge is -2.39. The maximum atomic E-state index is 14.6. The van der Waals surface area contributed by atoms with Gasteiger partial charge in [-0.05, 0) is 55.7 Å². The molecule has 8 nitrogen and oxygen atoms in total. The van der Waals surface area contributed by atoms with Gasteiger partial charge in [-0.1, -0.05) is 23.8 Å². The van der Waals surface area contributed by atoms with Gasteiger partial charge in [-0.2, -0.15) is 5.26 Å². The number of anilines is 2. The minimum absolute atomic E-state index is 0.0134. The zero-order valence-corrected chi connectivity index (χ0v) is 23.3. The molecule has 0 bridgehead atoms. The number of rotatable bonds is 7. The third-order valence-corrected chi connectivity index (χ3v) is 7.64. The van der Waals surface area contributed by atoms with Crippen molar-refractivity contribution in [3.63, 3.8) is 0 Å². The highest BCUT2D eigenvalue weighted by Crippen LogP contribution is 2.39. The molecule has 0 unspecified atom stereocenters. The zero-order chi connectivity index (χ0) is 31.1. The summed E-state index contributed by atoms with van der Waals surface area (Å²) in [5.74, 6) is -7.11. The van der Waals surface area contributed by atoms with Crippen LogP contribution in [0.15, 0.2) is 54.7 Å². The predicted octanol–water partition coefficient (Wildman–Crippen LogP) is 5.03. The van der Waals surface area contributed by atoms with Crippen molar-refractivity contribution >= 4 is 29.2 Å². The SMILES string of the molecule is Cc1ccc([C@@H](C(=O)NC2CC(F)(F)C2)N(C(=O)[C@@H]2CCC(=O)N2c2cc(C#N)ccn2)c2cc(F)cc(F)c2)c(C)c1. The molecule has 2 aliphatic rings. The number of aryl methyl sites for hydroxylation is 2. The van der Waals surface area contributed by atoms with E-state index in [0.29, 0.717) is 17.2 Å². The quantitative estimate of drug-likeness (QED) is 0.387. The van der Waals surface area contributed by atoms with Crippen molar-refractivity contribution in [3.05, 3.63) is 88.6 Å². The molecule has 2 fully saturated rings. The first-order chi connectivity index (χ1) is 20.4. The lowest BCUT2D eigenvalue weighted by Crippen LogP contribution is -2.56. The van der Waals surface area contributed by atoms with Crippen LogP contribution in [0, 0.1) is 36.8 Å². The second-order valence-corrected chi connectivity index (χ2v) is 10.9. The van der Waals surface area contributed by atoms with Gasteiger partial charge in [-0.15, -0.1) is 0 Å². The topological polar surface area (TPSA) is 106 Å². The van der Waals surface area contributed by atoms with E-state index in [1.165, 1.54) is 18.3 Å². The van der Waals surface area contributed by atoms with Crippen LogP contribution in [-0.2, 0) is 14.4 Å². The van der Waals surface area contributed by atoms with Crippen molar-refractivity contribution in [1.29, 1.82) is 5.26 Å². The fourth-order valence-electron chi connectivity index (χ4n) is 5.64. The molecule has 1 aliphatic heterocycles. The molecule has 1 aromatic heterocycles. The molecule has 3 aromatic rings. The number of aromatic nitrogens is 1. The van der Waals surface area contributed by atoms with E-state index in [1.54, 1.807) is 25.1 Å². The number of hydrogen-bond acceptors (Lipinski definition) is 5. The highest BCUT2D eigenvalue weighted by Gasteiger charge is 2.48. The average Bonchev–Trinajstić information content (AvgIpc) is 3.31. The van der Waals surface area contributed by atoms with Crippen molar-refractivity contribution in [2.24, 2.45) is 0 Å². The molecule has 0 spiro atoms. The minimum Gasteiger partial charge on any atom is -0.351 e. The summed E-state index contributed by atoms with van der Waals surface area (Å²) in [6.07, 6.45) is 0.0404. The molecule has 1 aliphatic carbocycles. The lowest BCUT2D eigenvalue weighted by molar-refractivity contribution is -0.133. The fraction of sp³-hybridized carbons (Fsp3) is 0.323. The van der Waals surface area contributed by atoms with Gasteiger partial charge in [0, 0.05) is 37.6 Å². The Balaban J connectivity index is 1.64. The number of hydrogen-bond donors (Lipinski definition) is 1. The number of nitriles is 1. The van der Waals surface area contributed by atoms with Crippen LogP contribution in [0.25, 0.3) is 0 Å². The van der Waals surface area contributed by atoms with Gasteiger partial charge in [0.1, 0.15) is 29.5 Å². The van der Waals surface area contributed by atoms with Gasteiger partial charge in [0.25, 0.3) is 11.8 Å². The number of amides is 3. The Morgan fingerprint density at radius 1 is 1.09 bits per heavy atom. The van der Waals surface area contributed by atoms with Crippen LogP contribution in [0.1, 0.15) is 54.0 Å². The van der Waals surface area contributed by atoms with Crippen LogP contribution >= 0.6 is 0 Å². The second kappa shape index (κ2) is 11.5. The molecule has 0 radical (unpaired) electrons. The fourth-order valence-corrected chi connectivity index (χ4v) is 5.64. The minimum atomic E-state index is -2.94. The van der Waals surface area contributed by atoms with E-state index in [0.717, 1.165) is 27.5 Å². The largest absolute Gasteiger partial charge is 0.351 e. The maximum Gasteiger partial charge on any atom is 0.252 e. The van der Waals surface area contributed by atoms with Gasteiger partial charge >= 0.3 is 0 Å². The number of nitrogens with one attached hydrogen (secondary N) is 1. The Hall–Kier alpha value is -4.79. The highest BCUT2D eigenvalue weighted by molar-refractivity contribution is 6.10. The summed E-state index contributed by atoms with van der Waals surface area (Å²) < 4.78 is 56.5. The second-order valence-electron chi connectivity index (χ2n) is 10.9.